The molecular formula is C28H51NO4S. The average molecular weight is 498 g/mol. The van der Waals surface area contributed by atoms with Crippen LogP contribution in [-0.2, 0) is 10.0 Å². The fourth-order valence-corrected chi connectivity index (χ4v) is 10.4. The van der Waals surface area contributed by atoms with Gasteiger partial charge in [0, 0.05) is 6.54 Å². The molecule has 0 aromatic rings. The van der Waals surface area contributed by atoms with E-state index >= 15 is 0 Å². The van der Waals surface area contributed by atoms with Crippen LogP contribution in [0.4, 0.5) is 0 Å². The zero-order valence-electron chi connectivity index (χ0n) is 22.7. The minimum absolute atomic E-state index is 0.157. The number of aliphatic hydroxyl groups excluding tert-OH is 2. The molecule has 198 valence electrons. The summed E-state index contributed by atoms with van der Waals surface area (Å²) in [6.07, 6.45) is 7.94. The lowest BCUT2D eigenvalue weighted by Gasteiger charge is -2.64. The monoisotopic (exact) mass is 497 g/mol. The molecule has 5 nitrogen and oxygen atoms in total. The van der Waals surface area contributed by atoms with Crippen LogP contribution in [0.5, 0.6) is 0 Å². The molecule has 0 radical (unpaired) electrons. The van der Waals surface area contributed by atoms with E-state index in [-0.39, 0.29) is 34.9 Å². The van der Waals surface area contributed by atoms with Crippen LogP contribution in [0.3, 0.4) is 0 Å². The topological polar surface area (TPSA) is 86.6 Å². The molecule has 0 aliphatic heterocycles. The summed E-state index contributed by atoms with van der Waals surface area (Å²) in [6.45, 7) is 15.1. The van der Waals surface area contributed by atoms with Crippen molar-refractivity contribution < 1.29 is 18.6 Å². The Morgan fingerprint density at radius 1 is 0.971 bits per heavy atom. The molecule has 4 aliphatic carbocycles. The molecule has 0 bridgehead atoms. The highest BCUT2D eigenvalue weighted by molar-refractivity contribution is 7.90. The first-order valence-corrected chi connectivity index (χ1v) is 15.5. The Balaban J connectivity index is 1.56. The number of aliphatic hydroxyl groups is 2. The second-order valence-electron chi connectivity index (χ2n) is 14.1. The van der Waals surface area contributed by atoms with Crippen LogP contribution in [0.25, 0.3) is 0 Å². The van der Waals surface area contributed by atoms with E-state index in [0.717, 1.165) is 44.9 Å². The van der Waals surface area contributed by atoms with E-state index in [1.807, 2.05) is 0 Å². The van der Waals surface area contributed by atoms with Crippen molar-refractivity contribution in [1.29, 1.82) is 0 Å². The molecule has 4 saturated carbocycles. The first-order valence-electron chi connectivity index (χ1n) is 14.0. The van der Waals surface area contributed by atoms with Gasteiger partial charge in [-0.25, -0.2) is 13.1 Å². The standard InChI is InChI=1S/C28H51NO4S/c1-8-19-23-15-18(30)11-13-28(23,7)22-12-14-27(6)20(9-10-21(27)24(22)25(19)31)17(2)16-29-34(32,33)26(3,4)5/h17-25,29-31H,8-16H2,1-7H3/t17-,18-,19-,20-,21+,22+,23+,24?,25-,27?,28+/m1/s1. The van der Waals surface area contributed by atoms with Crippen molar-refractivity contribution in [2.45, 2.75) is 117 Å². The molecule has 0 aromatic heterocycles. The number of hydrogen-bond donors (Lipinski definition) is 3. The number of rotatable bonds is 5. The Labute approximate surface area is 208 Å². The van der Waals surface area contributed by atoms with Crippen LogP contribution >= 0.6 is 0 Å². The van der Waals surface area contributed by atoms with Crippen LogP contribution in [0.15, 0.2) is 0 Å². The minimum atomic E-state index is -3.35. The van der Waals surface area contributed by atoms with Crippen molar-refractivity contribution >= 4 is 10.0 Å². The summed E-state index contributed by atoms with van der Waals surface area (Å²) in [5.74, 6) is 2.83. The van der Waals surface area contributed by atoms with Gasteiger partial charge in [0.2, 0.25) is 10.0 Å². The summed E-state index contributed by atoms with van der Waals surface area (Å²) in [7, 11) is -3.35. The van der Waals surface area contributed by atoms with E-state index in [0.29, 0.717) is 36.1 Å². The van der Waals surface area contributed by atoms with Crippen molar-refractivity contribution in [2.75, 3.05) is 6.54 Å². The molecule has 0 saturated heterocycles. The quantitative estimate of drug-likeness (QED) is 0.501. The van der Waals surface area contributed by atoms with Crippen LogP contribution in [0, 0.1) is 52.3 Å². The molecule has 4 fully saturated rings. The Kier molecular flexibility index (Phi) is 7.11. The lowest BCUT2D eigenvalue weighted by Crippen LogP contribution is -2.62. The third-order valence-electron chi connectivity index (χ3n) is 11.6. The van der Waals surface area contributed by atoms with E-state index in [4.69, 9.17) is 0 Å². The molecule has 4 aliphatic rings. The van der Waals surface area contributed by atoms with Crippen LogP contribution in [-0.4, -0.2) is 42.1 Å². The third kappa shape index (κ3) is 4.11. The fraction of sp³-hybridized carbons (Fsp3) is 1.00. The maximum atomic E-state index is 12.7. The van der Waals surface area contributed by atoms with Gasteiger partial charge in [0.05, 0.1) is 17.0 Å². The van der Waals surface area contributed by atoms with E-state index in [1.54, 1.807) is 20.8 Å². The molecule has 0 heterocycles. The number of hydrogen-bond acceptors (Lipinski definition) is 4. The molecule has 3 N–H and O–H groups in total. The first kappa shape index (κ1) is 26.9. The first-order chi connectivity index (χ1) is 15.7. The van der Waals surface area contributed by atoms with Crippen molar-refractivity contribution in [1.82, 2.24) is 4.72 Å². The second kappa shape index (κ2) is 8.99. The van der Waals surface area contributed by atoms with Crippen molar-refractivity contribution in [3.8, 4) is 0 Å². The van der Waals surface area contributed by atoms with Gasteiger partial charge in [0.25, 0.3) is 0 Å². The largest absolute Gasteiger partial charge is 0.393 e. The van der Waals surface area contributed by atoms with Gasteiger partial charge in [-0.15, -0.1) is 0 Å². The van der Waals surface area contributed by atoms with Gasteiger partial charge in [-0.3, -0.25) is 0 Å². The highest BCUT2D eigenvalue weighted by Gasteiger charge is 2.64. The number of nitrogens with one attached hydrogen (secondary N) is 1. The molecule has 34 heavy (non-hydrogen) atoms. The predicted octanol–water partition coefficient (Wildman–Crippen LogP) is 4.97. The normalized spacial score (nSPS) is 48.0. The van der Waals surface area contributed by atoms with E-state index in [9.17, 15) is 18.6 Å². The fourth-order valence-electron chi connectivity index (χ4n) is 9.53. The van der Waals surface area contributed by atoms with E-state index in [2.05, 4.69) is 32.4 Å². The Morgan fingerprint density at radius 2 is 1.59 bits per heavy atom. The summed E-state index contributed by atoms with van der Waals surface area (Å²) in [6, 6.07) is 0. The average Bonchev–Trinajstić information content (AvgIpc) is 3.10. The molecule has 2 unspecified atom stereocenters. The maximum absolute atomic E-state index is 12.7. The van der Waals surface area contributed by atoms with Gasteiger partial charge in [-0.1, -0.05) is 34.1 Å². The molecular weight excluding hydrogens is 446 g/mol. The Bertz CT molecular complexity index is 853. The van der Waals surface area contributed by atoms with E-state index in [1.165, 1.54) is 6.42 Å². The third-order valence-corrected chi connectivity index (χ3v) is 13.7. The summed E-state index contributed by atoms with van der Waals surface area (Å²) < 4.78 is 27.4. The lowest BCUT2D eigenvalue weighted by atomic mass is 9.41. The Morgan fingerprint density at radius 3 is 2.21 bits per heavy atom. The van der Waals surface area contributed by atoms with Crippen LogP contribution in [0.1, 0.15) is 99.8 Å². The van der Waals surface area contributed by atoms with Crippen molar-refractivity contribution in [2.24, 2.45) is 52.3 Å². The number of fused-ring (bicyclic) bond motifs is 5. The lowest BCUT2D eigenvalue weighted by molar-refractivity contribution is -0.203. The van der Waals surface area contributed by atoms with Gasteiger partial charge in [0.1, 0.15) is 0 Å². The molecule has 0 amide bonds. The summed E-state index contributed by atoms with van der Waals surface area (Å²) in [5, 5.41) is 22.3. The van der Waals surface area contributed by atoms with Gasteiger partial charge >= 0.3 is 0 Å². The maximum Gasteiger partial charge on any atom is 0.216 e. The molecule has 0 aromatic carbocycles. The zero-order valence-corrected chi connectivity index (χ0v) is 23.5. The summed E-state index contributed by atoms with van der Waals surface area (Å²) in [5.41, 5.74) is 0.377. The minimum Gasteiger partial charge on any atom is -0.393 e. The van der Waals surface area contributed by atoms with Crippen molar-refractivity contribution in [3.63, 3.8) is 0 Å². The number of sulfonamides is 1. The molecule has 6 heteroatoms. The van der Waals surface area contributed by atoms with Gasteiger partial charge in [-0.2, -0.15) is 0 Å². The summed E-state index contributed by atoms with van der Waals surface area (Å²) >= 11 is 0. The molecule has 4 rings (SSSR count). The predicted molar refractivity (Wildman–Crippen MR) is 138 cm³/mol. The zero-order chi connectivity index (χ0) is 25.3. The van der Waals surface area contributed by atoms with Gasteiger partial charge in [-0.05, 0) is 118 Å². The summed E-state index contributed by atoms with van der Waals surface area (Å²) in [4.78, 5) is 0. The van der Waals surface area contributed by atoms with Gasteiger partial charge in [0.15, 0.2) is 0 Å². The molecule has 11 atom stereocenters. The SMILES string of the molecule is CC[C@H]1[C@@H](O)C2[C@@H]3CC[C@H]([C@H](C)CNS(=O)(=O)C(C)(C)C)C3(C)CC[C@@H]2[C@]2(C)CC[C@@H](O)C[C@@H]12. The van der Waals surface area contributed by atoms with Crippen molar-refractivity contribution in [3.05, 3.63) is 0 Å². The van der Waals surface area contributed by atoms with Crippen LogP contribution < -0.4 is 4.72 Å². The Hall–Kier alpha value is -0.170. The smallest absolute Gasteiger partial charge is 0.216 e. The van der Waals surface area contributed by atoms with E-state index < -0.39 is 14.8 Å². The second-order valence-corrected chi connectivity index (χ2v) is 16.6. The highest BCUT2D eigenvalue weighted by atomic mass is 32.2. The molecule has 0 spiro atoms. The van der Waals surface area contributed by atoms with Gasteiger partial charge < -0.3 is 10.2 Å². The van der Waals surface area contributed by atoms with Crippen LogP contribution in [0.2, 0.25) is 0 Å². The highest BCUT2D eigenvalue weighted by Crippen LogP contribution is 2.69.